The number of amides is 2. The third-order valence-electron chi connectivity index (χ3n) is 0.670. The number of nitrogens with one attached hydrogen (secondary N) is 2. The topological polar surface area (TPSA) is 104 Å². The lowest BCUT2D eigenvalue weighted by molar-refractivity contribution is -0.123. The van der Waals surface area contributed by atoms with Gasteiger partial charge in [-0.05, 0) is 7.05 Å². The van der Waals surface area contributed by atoms with Crippen LogP contribution in [0.1, 0.15) is 6.92 Å². The summed E-state index contributed by atoms with van der Waals surface area (Å²) in [5, 5.41) is 12.5. The van der Waals surface area contributed by atoms with Crippen LogP contribution in [0.3, 0.4) is 0 Å². The number of aliphatic hydroxyl groups excluding tert-OH is 1. The summed E-state index contributed by atoms with van der Waals surface area (Å²) in [6.45, 7) is 1.32. The standard InChI is InChI=1S/C4H8N2O2.C2H7NO/c1-3(7)6-2-4(5)8;1-3-2-4/h2H2,1H3,(H2,5,8)(H,6,7);3-4H,2H2,1H3. The van der Waals surface area contributed by atoms with Crippen LogP contribution in [0, 0.1) is 0 Å². The van der Waals surface area contributed by atoms with Crippen molar-refractivity contribution in [3.05, 3.63) is 0 Å². The van der Waals surface area contributed by atoms with Gasteiger partial charge in [-0.3, -0.25) is 14.9 Å². The Balaban J connectivity index is 0. The molecule has 12 heavy (non-hydrogen) atoms. The first kappa shape index (κ1) is 13.4. The fourth-order valence-corrected chi connectivity index (χ4v) is 0.212. The Morgan fingerprint density at radius 2 is 1.92 bits per heavy atom. The van der Waals surface area contributed by atoms with Crippen LogP contribution >= 0.6 is 0 Å². The minimum absolute atomic E-state index is 0.0694. The van der Waals surface area contributed by atoms with E-state index in [0.717, 1.165) is 0 Å². The lowest BCUT2D eigenvalue weighted by Crippen LogP contribution is -2.31. The Kier molecular flexibility index (Phi) is 11.1. The molecule has 0 rings (SSSR count). The first-order valence-corrected chi connectivity index (χ1v) is 3.32. The summed E-state index contributed by atoms with van der Waals surface area (Å²) >= 11 is 0. The van der Waals surface area contributed by atoms with Crippen molar-refractivity contribution >= 4 is 11.8 Å². The lowest BCUT2D eigenvalue weighted by atomic mass is 10.6. The van der Waals surface area contributed by atoms with Gasteiger partial charge in [-0.2, -0.15) is 0 Å². The highest BCUT2D eigenvalue weighted by Gasteiger charge is 1.92. The molecule has 2 amide bonds. The molecule has 5 N–H and O–H groups in total. The Morgan fingerprint density at radius 1 is 1.50 bits per heavy atom. The van der Waals surface area contributed by atoms with Gasteiger partial charge in [0.2, 0.25) is 11.8 Å². The molecule has 6 heteroatoms. The summed E-state index contributed by atoms with van der Waals surface area (Å²) in [6, 6.07) is 0. The van der Waals surface area contributed by atoms with Crippen molar-refractivity contribution < 1.29 is 14.7 Å². The van der Waals surface area contributed by atoms with E-state index in [9.17, 15) is 9.59 Å². The van der Waals surface area contributed by atoms with Crippen LogP contribution in [0.25, 0.3) is 0 Å². The zero-order valence-electron chi connectivity index (χ0n) is 7.26. The van der Waals surface area contributed by atoms with E-state index in [2.05, 4.69) is 16.4 Å². The molecule has 0 bridgehead atoms. The summed E-state index contributed by atoms with van der Waals surface area (Å²) in [5.74, 6) is -0.774. The number of hydrogen-bond donors (Lipinski definition) is 4. The Bertz CT molecular complexity index is 122. The van der Waals surface area contributed by atoms with Crippen molar-refractivity contribution in [2.45, 2.75) is 6.92 Å². The number of hydrogen-bond acceptors (Lipinski definition) is 4. The lowest BCUT2D eigenvalue weighted by Gasteiger charge is -1.93. The van der Waals surface area contributed by atoms with Crippen molar-refractivity contribution in [2.75, 3.05) is 20.3 Å². The molecule has 0 unspecified atom stereocenters. The summed E-state index contributed by atoms with van der Waals surface area (Å²) in [5.41, 5.74) is 4.69. The molecule has 0 spiro atoms. The van der Waals surface area contributed by atoms with Gasteiger partial charge in [-0.25, -0.2) is 0 Å². The molecular weight excluding hydrogens is 162 g/mol. The van der Waals surface area contributed by atoms with Crippen LogP contribution in [-0.2, 0) is 9.59 Å². The molecule has 0 aromatic carbocycles. The van der Waals surface area contributed by atoms with Crippen LogP contribution in [0.4, 0.5) is 0 Å². The number of rotatable bonds is 3. The van der Waals surface area contributed by atoms with Crippen molar-refractivity contribution in [3.63, 3.8) is 0 Å². The van der Waals surface area contributed by atoms with Crippen LogP contribution in [0.2, 0.25) is 0 Å². The van der Waals surface area contributed by atoms with Crippen molar-refractivity contribution in [1.29, 1.82) is 0 Å². The highest BCUT2D eigenvalue weighted by Crippen LogP contribution is 1.57. The molecule has 0 saturated carbocycles. The summed E-state index contributed by atoms with van der Waals surface area (Å²) in [6.07, 6.45) is 0. The SMILES string of the molecule is CC(=O)NCC(N)=O.CNCO. The first-order chi connectivity index (χ1) is 5.54. The predicted molar refractivity (Wildman–Crippen MR) is 44.0 cm³/mol. The second-order valence-electron chi connectivity index (χ2n) is 1.89. The molecule has 0 aromatic rings. The maximum Gasteiger partial charge on any atom is 0.236 e. The molecule has 0 fully saturated rings. The Hall–Kier alpha value is -1.14. The number of carbonyl (C=O) groups is 2. The van der Waals surface area contributed by atoms with E-state index in [1.54, 1.807) is 7.05 Å². The number of aliphatic hydroxyl groups is 1. The van der Waals surface area contributed by atoms with E-state index in [1.807, 2.05) is 0 Å². The van der Waals surface area contributed by atoms with Gasteiger partial charge in [-0.1, -0.05) is 0 Å². The van der Waals surface area contributed by atoms with Gasteiger partial charge in [0.1, 0.15) is 0 Å². The fraction of sp³-hybridized carbons (Fsp3) is 0.667. The third kappa shape index (κ3) is 23.2. The van der Waals surface area contributed by atoms with E-state index < -0.39 is 5.91 Å². The van der Waals surface area contributed by atoms with Crippen molar-refractivity contribution in [3.8, 4) is 0 Å². The summed E-state index contributed by atoms with van der Waals surface area (Å²) < 4.78 is 0. The van der Waals surface area contributed by atoms with Crippen molar-refractivity contribution in [2.24, 2.45) is 5.73 Å². The Labute approximate surface area is 71.1 Å². The maximum atomic E-state index is 10.0. The summed E-state index contributed by atoms with van der Waals surface area (Å²) in [4.78, 5) is 19.9. The quantitative estimate of drug-likeness (QED) is 0.366. The second-order valence-corrected chi connectivity index (χ2v) is 1.89. The molecule has 0 radical (unpaired) electrons. The molecule has 0 aliphatic carbocycles. The van der Waals surface area contributed by atoms with Crippen LogP contribution in [-0.4, -0.2) is 37.2 Å². The van der Waals surface area contributed by atoms with Crippen molar-refractivity contribution in [1.82, 2.24) is 10.6 Å². The molecular formula is C6H15N3O3. The highest BCUT2D eigenvalue weighted by atomic mass is 16.3. The molecule has 0 saturated heterocycles. The van der Waals surface area contributed by atoms with E-state index in [4.69, 9.17) is 5.11 Å². The van der Waals surface area contributed by atoms with Gasteiger partial charge < -0.3 is 16.2 Å². The largest absolute Gasteiger partial charge is 0.381 e. The van der Waals surface area contributed by atoms with E-state index in [1.165, 1.54) is 6.92 Å². The number of nitrogens with two attached hydrogens (primary N) is 1. The minimum Gasteiger partial charge on any atom is -0.381 e. The van der Waals surface area contributed by atoms with Gasteiger partial charge in [0.05, 0.1) is 13.3 Å². The third-order valence-corrected chi connectivity index (χ3v) is 0.670. The zero-order chi connectivity index (χ0) is 9.98. The average molecular weight is 177 g/mol. The van der Waals surface area contributed by atoms with Gasteiger partial charge in [-0.15, -0.1) is 0 Å². The van der Waals surface area contributed by atoms with Crippen LogP contribution in [0.5, 0.6) is 0 Å². The van der Waals surface area contributed by atoms with Gasteiger partial charge >= 0.3 is 0 Å². The predicted octanol–water partition coefficient (Wildman–Crippen LogP) is -2.24. The van der Waals surface area contributed by atoms with E-state index >= 15 is 0 Å². The second kappa shape index (κ2) is 9.86. The maximum absolute atomic E-state index is 10.0. The first-order valence-electron chi connectivity index (χ1n) is 3.32. The highest BCUT2D eigenvalue weighted by molar-refractivity contribution is 5.82. The molecule has 72 valence electrons. The van der Waals surface area contributed by atoms with E-state index in [0.29, 0.717) is 0 Å². The zero-order valence-corrected chi connectivity index (χ0v) is 7.26. The molecule has 0 atom stereocenters. The van der Waals surface area contributed by atoms with E-state index in [-0.39, 0.29) is 19.2 Å². The van der Waals surface area contributed by atoms with Gasteiger partial charge in [0.25, 0.3) is 0 Å². The molecule has 0 heterocycles. The van der Waals surface area contributed by atoms with Gasteiger partial charge in [0.15, 0.2) is 0 Å². The average Bonchev–Trinajstić information content (AvgIpc) is 2.01. The normalized spacial score (nSPS) is 7.92. The smallest absolute Gasteiger partial charge is 0.236 e. The molecule has 0 aliphatic heterocycles. The molecule has 0 aliphatic rings. The van der Waals surface area contributed by atoms with Gasteiger partial charge in [0, 0.05) is 6.92 Å². The number of primary amides is 1. The number of carbonyl (C=O) groups excluding carboxylic acids is 2. The monoisotopic (exact) mass is 177 g/mol. The fourth-order valence-electron chi connectivity index (χ4n) is 0.212. The van der Waals surface area contributed by atoms with Crippen LogP contribution in [0.15, 0.2) is 0 Å². The van der Waals surface area contributed by atoms with Crippen LogP contribution < -0.4 is 16.4 Å². The Morgan fingerprint density at radius 3 is 2.00 bits per heavy atom. The summed E-state index contributed by atoms with van der Waals surface area (Å²) in [7, 11) is 1.68. The molecule has 6 nitrogen and oxygen atoms in total. The minimum atomic E-state index is -0.528. The molecule has 0 aromatic heterocycles.